The normalized spacial score (nSPS) is 10.3. The molecule has 72 valence electrons. The number of furan rings is 1. The Bertz CT molecular complexity index is 278. The van der Waals surface area contributed by atoms with Crippen LogP contribution in [0.3, 0.4) is 0 Å². The molecule has 1 rings (SSSR count). The Labute approximate surface area is 86.4 Å². The van der Waals surface area contributed by atoms with Crippen LogP contribution in [-0.4, -0.2) is 5.78 Å². The molecule has 0 amide bonds. The molecule has 1 aromatic heterocycles. The van der Waals surface area contributed by atoms with Crippen molar-refractivity contribution in [3.05, 3.63) is 22.6 Å². The first kappa shape index (κ1) is 10.5. The molecule has 0 aliphatic rings. The van der Waals surface area contributed by atoms with Crippen LogP contribution in [0.25, 0.3) is 0 Å². The summed E-state index contributed by atoms with van der Waals surface area (Å²) >= 11 is 3.26. The Morgan fingerprint density at radius 1 is 1.54 bits per heavy atom. The average Bonchev–Trinajstić information content (AvgIpc) is 2.52. The Morgan fingerprint density at radius 2 is 2.31 bits per heavy atom. The molecule has 0 unspecified atom stereocenters. The lowest BCUT2D eigenvalue weighted by atomic mass is 10.1. The van der Waals surface area contributed by atoms with E-state index in [9.17, 15) is 4.79 Å². The van der Waals surface area contributed by atoms with Gasteiger partial charge in [-0.3, -0.25) is 4.79 Å². The van der Waals surface area contributed by atoms with Gasteiger partial charge in [-0.1, -0.05) is 19.8 Å². The van der Waals surface area contributed by atoms with Crippen molar-refractivity contribution in [3.63, 3.8) is 0 Å². The summed E-state index contributed by atoms with van der Waals surface area (Å²) in [5.74, 6) is 0.543. The van der Waals surface area contributed by atoms with Crippen LogP contribution in [0.1, 0.15) is 43.2 Å². The Balaban J connectivity index is 2.45. The molecule has 2 nitrogen and oxygen atoms in total. The van der Waals surface area contributed by atoms with Crippen LogP contribution in [0, 0.1) is 0 Å². The summed E-state index contributed by atoms with van der Waals surface area (Å²) < 4.78 is 5.82. The fourth-order valence-electron chi connectivity index (χ4n) is 1.14. The summed E-state index contributed by atoms with van der Waals surface area (Å²) in [7, 11) is 0. The topological polar surface area (TPSA) is 30.2 Å². The number of hydrogen-bond acceptors (Lipinski definition) is 2. The zero-order valence-electron chi connectivity index (χ0n) is 7.68. The standard InChI is InChI=1S/C10H13BrO2/c1-2-3-4-5-9(12)10-8(11)6-7-13-10/h6-7H,2-5H2,1H3. The number of hydrogen-bond donors (Lipinski definition) is 0. The van der Waals surface area contributed by atoms with Gasteiger partial charge in [-0.2, -0.15) is 0 Å². The van der Waals surface area contributed by atoms with Gasteiger partial charge in [0.15, 0.2) is 11.5 Å². The Kier molecular flexibility index (Phi) is 4.22. The third-order valence-electron chi connectivity index (χ3n) is 1.88. The van der Waals surface area contributed by atoms with Gasteiger partial charge in [0.1, 0.15) is 0 Å². The van der Waals surface area contributed by atoms with Crippen molar-refractivity contribution in [1.82, 2.24) is 0 Å². The van der Waals surface area contributed by atoms with Crippen LogP contribution >= 0.6 is 15.9 Å². The summed E-state index contributed by atoms with van der Waals surface area (Å²) in [5.41, 5.74) is 0. The molecule has 3 heteroatoms. The van der Waals surface area contributed by atoms with E-state index in [1.54, 1.807) is 6.07 Å². The zero-order valence-corrected chi connectivity index (χ0v) is 9.26. The lowest BCUT2D eigenvalue weighted by Gasteiger charge is -1.96. The lowest BCUT2D eigenvalue weighted by Crippen LogP contribution is -1.97. The van der Waals surface area contributed by atoms with Gasteiger partial charge in [0, 0.05) is 6.42 Å². The van der Waals surface area contributed by atoms with Gasteiger partial charge in [-0.25, -0.2) is 0 Å². The number of carbonyl (C=O) groups excluding carboxylic acids is 1. The van der Waals surface area contributed by atoms with E-state index in [0.29, 0.717) is 12.2 Å². The van der Waals surface area contributed by atoms with Crippen molar-refractivity contribution >= 4 is 21.7 Å². The van der Waals surface area contributed by atoms with Crippen molar-refractivity contribution in [2.24, 2.45) is 0 Å². The minimum Gasteiger partial charge on any atom is -0.460 e. The van der Waals surface area contributed by atoms with Gasteiger partial charge in [-0.05, 0) is 28.4 Å². The Hall–Kier alpha value is -0.570. The largest absolute Gasteiger partial charge is 0.460 e. The van der Waals surface area contributed by atoms with Crippen molar-refractivity contribution in [3.8, 4) is 0 Å². The highest BCUT2D eigenvalue weighted by atomic mass is 79.9. The molecule has 0 spiro atoms. The molecular formula is C10H13BrO2. The summed E-state index contributed by atoms with van der Waals surface area (Å²) in [6.45, 7) is 2.12. The maximum absolute atomic E-state index is 11.5. The van der Waals surface area contributed by atoms with Crippen LogP contribution in [0.4, 0.5) is 0 Å². The van der Waals surface area contributed by atoms with Gasteiger partial charge in [-0.15, -0.1) is 0 Å². The number of unbranched alkanes of at least 4 members (excludes halogenated alkanes) is 2. The van der Waals surface area contributed by atoms with Gasteiger partial charge in [0.05, 0.1) is 10.7 Å². The number of rotatable bonds is 5. The van der Waals surface area contributed by atoms with Crippen LogP contribution in [-0.2, 0) is 0 Å². The van der Waals surface area contributed by atoms with Crippen LogP contribution < -0.4 is 0 Å². The number of Topliss-reactive ketones (excluding diaryl/α,β-unsaturated/α-hetero) is 1. The quantitative estimate of drug-likeness (QED) is 0.583. The fraction of sp³-hybridized carbons (Fsp3) is 0.500. The minimum atomic E-state index is 0.0883. The maximum Gasteiger partial charge on any atom is 0.199 e. The van der Waals surface area contributed by atoms with Crippen molar-refractivity contribution < 1.29 is 9.21 Å². The van der Waals surface area contributed by atoms with Gasteiger partial charge >= 0.3 is 0 Å². The number of ketones is 1. The number of carbonyl (C=O) groups is 1. The zero-order chi connectivity index (χ0) is 9.68. The van der Waals surface area contributed by atoms with Crippen LogP contribution in [0.2, 0.25) is 0 Å². The molecule has 13 heavy (non-hydrogen) atoms. The first-order chi connectivity index (χ1) is 6.25. The molecule has 0 N–H and O–H groups in total. The predicted molar refractivity (Wildman–Crippen MR) is 54.9 cm³/mol. The molecular weight excluding hydrogens is 232 g/mol. The first-order valence-corrected chi connectivity index (χ1v) is 5.31. The molecule has 0 aliphatic carbocycles. The highest BCUT2D eigenvalue weighted by Crippen LogP contribution is 2.19. The highest BCUT2D eigenvalue weighted by molar-refractivity contribution is 9.10. The van der Waals surface area contributed by atoms with Crippen LogP contribution in [0.15, 0.2) is 21.2 Å². The molecule has 0 fully saturated rings. The van der Waals surface area contributed by atoms with Gasteiger partial charge in [0.2, 0.25) is 0 Å². The summed E-state index contributed by atoms with van der Waals surface area (Å²) in [4.78, 5) is 11.5. The monoisotopic (exact) mass is 244 g/mol. The first-order valence-electron chi connectivity index (χ1n) is 4.52. The van der Waals surface area contributed by atoms with E-state index < -0.39 is 0 Å². The van der Waals surface area contributed by atoms with E-state index in [2.05, 4.69) is 22.9 Å². The molecule has 0 saturated carbocycles. The molecule has 0 radical (unpaired) electrons. The molecule has 0 aromatic carbocycles. The third kappa shape index (κ3) is 2.99. The molecule has 0 bridgehead atoms. The second kappa shape index (κ2) is 5.22. The van der Waals surface area contributed by atoms with E-state index in [0.717, 1.165) is 23.7 Å². The van der Waals surface area contributed by atoms with E-state index >= 15 is 0 Å². The van der Waals surface area contributed by atoms with E-state index in [1.807, 2.05) is 0 Å². The second-order valence-corrected chi connectivity index (χ2v) is 3.83. The fourth-order valence-corrected chi connectivity index (χ4v) is 1.56. The summed E-state index contributed by atoms with van der Waals surface area (Å²) in [5, 5.41) is 0. The predicted octanol–water partition coefficient (Wildman–Crippen LogP) is 3.81. The van der Waals surface area contributed by atoms with E-state index in [4.69, 9.17) is 4.42 Å². The Morgan fingerprint density at radius 3 is 2.85 bits per heavy atom. The SMILES string of the molecule is CCCCCC(=O)c1occc1Br. The minimum absolute atomic E-state index is 0.0883. The average molecular weight is 245 g/mol. The molecule has 0 saturated heterocycles. The molecule has 0 aliphatic heterocycles. The van der Waals surface area contributed by atoms with E-state index in [-0.39, 0.29) is 5.78 Å². The van der Waals surface area contributed by atoms with E-state index in [1.165, 1.54) is 6.26 Å². The molecule has 1 aromatic rings. The third-order valence-corrected chi connectivity index (χ3v) is 2.50. The molecule has 0 atom stereocenters. The van der Waals surface area contributed by atoms with Crippen molar-refractivity contribution in [1.29, 1.82) is 0 Å². The maximum atomic E-state index is 11.5. The van der Waals surface area contributed by atoms with Gasteiger partial charge < -0.3 is 4.42 Å². The van der Waals surface area contributed by atoms with Gasteiger partial charge in [0.25, 0.3) is 0 Å². The summed E-state index contributed by atoms with van der Waals surface area (Å²) in [6.07, 6.45) is 5.29. The second-order valence-electron chi connectivity index (χ2n) is 2.98. The number of halogens is 1. The van der Waals surface area contributed by atoms with Crippen LogP contribution in [0.5, 0.6) is 0 Å². The van der Waals surface area contributed by atoms with Crippen molar-refractivity contribution in [2.75, 3.05) is 0 Å². The molecule has 1 heterocycles. The van der Waals surface area contributed by atoms with Crippen molar-refractivity contribution in [2.45, 2.75) is 32.6 Å². The smallest absolute Gasteiger partial charge is 0.199 e. The lowest BCUT2D eigenvalue weighted by molar-refractivity contribution is 0.0951. The summed E-state index contributed by atoms with van der Waals surface area (Å²) in [6, 6.07) is 1.74. The highest BCUT2D eigenvalue weighted by Gasteiger charge is 2.12.